The third-order valence-electron chi connectivity index (χ3n) is 0.604. The van der Waals surface area contributed by atoms with Crippen molar-refractivity contribution in [2.75, 3.05) is 6.61 Å². The molecule has 0 N–H and O–H groups in total. The summed E-state index contributed by atoms with van der Waals surface area (Å²) in [7, 11) is 0. The van der Waals surface area contributed by atoms with Gasteiger partial charge in [-0.3, -0.25) is 0 Å². The van der Waals surface area contributed by atoms with Gasteiger partial charge < -0.3 is 4.74 Å². The Hall–Kier alpha value is -0.700. The van der Waals surface area contributed by atoms with Crippen LogP contribution in [-0.2, 0) is 4.74 Å². The molecule has 0 saturated carbocycles. The zero-order chi connectivity index (χ0) is 6.41. The second kappa shape index (κ2) is 4.46. The van der Waals surface area contributed by atoms with Crippen LogP contribution in [0.2, 0.25) is 0 Å². The third-order valence-corrected chi connectivity index (χ3v) is 0.604. The van der Waals surface area contributed by atoms with Crippen LogP contribution in [0, 0.1) is 4.91 Å². The Morgan fingerprint density at radius 2 is 2.62 bits per heavy atom. The lowest BCUT2D eigenvalue weighted by atomic mass is 10.6. The number of nitroso groups, excluding NO2 is 1. The highest BCUT2D eigenvalue weighted by molar-refractivity contribution is 4.64. The van der Waals surface area contributed by atoms with Gasteiger partial charge in [-0.15, -0.1) is 11.5 Å². The van der Waals surface area contributed by atoms with Crippen molar-refractivity contribution < 1.29 is 4.74 Å². The van der Waals surface area contributed by atoms with Crippen LogP contribution in [0.5, 0.6) is 0 Å². The average Bonchev–Trinajstić information content (AvgIpc) is 1.83. The second-order valence-corrected chi connectivity index (χ2v) is 1.33. The summed E-state index contributed by atoms with van der Waals surface area (Å²) in [6.07, 6.45) is 1.02. The van der Waals surface area contributed by atoms with E-state index in [9.17, 15) is 4.91 Å². The van der Waals surface area contributed by atoms with Gasteiger partial charge in [0.25, 0.3) is 0 Å². The topological polar surface area (TPSA) is 38.7 Å². The van der Waals surface area contributed by atoms with Crippen LogP contribution < -0.4 is 0 Å². The molecule has 0 aliphatic heterocycles. The molecule has 0 rings (SSSR count). The van der Waals surface area contributed by atoms with Crippen molar-refractivity contribution in [3.05, 3.63) is 17.6 Å². The van der Waals surface area contributed by atoms with Gasteiger partial charge in [0.15, 0.2) is 6.23 Å². The van der Waals surface area contributed by atoms with Gasteiger partial charge in [0.2, 0.25) is 0 Å². The number of hydrogen-bond donors (Lipinski definition) is 0. The maximum Gasteiger partial charge on any atom is 0.187 e. The molecule has 0 spiro atoms. The number of hydrogen-bond acceptors (Lipinski definition) is 3. The molecule has 0 saturated heterocycles. The Bertz CT molecular complexity index is 82.5. The zero-order valence-electron chi connectivity index (χ0n) is 4.83. The molecular weight excluding hydrogens is 106 g/mol. The van der Waals surface area contributed by atoms with Crippen molar-refractivity contribution in [2.24, 2.45) is 5.18 Å². The fraction of sp³-hybridized carbons (Fsp3) is 0.600. The van der Waals surface area contributed by atoms with Crippen LogP contribution in [0.3, 0.4) is 0 Å². The highest BCUT2D eigenvalue weighted by atomic mass is 16.5. The average molecular weight is 115 g/mol. The van der Waals surface area contributed by atoms with E-state index in [0.717, 1.165) is 0 Å². The highest BCUT2D eigenvalue weighted by Gasteiger charge is 1.94. The van der Waals surface area contributed by atoms with Crippen LogP contribution in [0.1, 0.15) is 6.92 Å². The van der Waals surface area contributed by atoms with E-state index in [1.54, 1.807) is 13.0 Å². The minimum Gasteiger partial charge on any atom is -0.349 e. The van der Waals surface area contributed by atoms with Crippen molar-refractivity contribution in [2.45, 2.75) is 13.2 Å². The molecule has 3 heteroatoms. The van der Waals surface area contributed by atoms with Gasteiger partial charge in [0.1, 0.15) is 0 Å². The predicted molar refractivity (Wildman–Crippen MR) is 31.4 cm³/mol. The molecule has 0 heterocycles. The summed E-state index contributed by atoms with van der Waals surface area (Å²) in [5, 5.41) is 2.61. The van der Waals surface area contributed by atoms with Gasteiger partial charge in [0, 0.05) is 0 Å². The van der Waals surface area contributed by atoms with E-state index < -0.39 is 6.23 Å². The van der Waals surface area contributed by atoms with Crippen LogP contribution >= 0.6 is 0 Å². The van der Waals surface area contributed by atoms with Crippen molar-refractivity contribution in [1.29, 1.82) is 0 Å². The zero-order valence-corrected chi connectivity index (χ0v) is 4.83. The van der Waals surface area contributed by atoms with Gasteiger partial charge in [0.05, 0.1) is 6.61 Å². The molecule has 0 bridgehead atoms. The van der Waals surface area contributed by atoms with E-state index >= 15 is 0 Å². The number of rotatable bonds is 4. The summed E-state index contributed by atoms with van der Waals surface area (Å²) >= 11 is 0. The fourth-order valence-corrected chi connectivity index (χ4v) is 0.238. The molecule has 0 aliphatic carbocycles. The van der Waals surface area contributed by atoms with Gasteiger partial charge in [-0.1, -0.05) is 6.08 Å². The van der Waals surface area contributed by atoms with Crippen LogP contribution in [0.25, 0.3) is 0 Å². The summed E-state index contributed by atoms with van der Waals surface area (Å²) < 4.78 is 4.74. The molecule has 0 aromatic rings. The molecule has 0 aliphatic rings. The predicted octanol–water partition coefficient (Wildman–Crippen LogP) is 1.30. The monoisotopic (exact) mass is 115 g/mol. The molecule has 3 nitrogen and oxygen atoms in total. The molecule has 8 heavy (non-hydrogen) atoms. The Morgan fingerprint density at radius 3 is 3.00 bits per heavy atom. The molecular formula is C5H9NO2. The molecule has 0 aromatic carbocycles. The molecule has 1 atom stereocenters. The van der Waals surface area contributed by atoms with E-state index in [1.165, 1.54) is 0 Å². The highest BCUT2D eigenvalue weighted by Crippen LogP contribution is 1.89. The maximum atomic E-state index is 9.60. The molecule has 0 aromatic heterocycles. The van der Waals surface area contributed by atoms with Crippen molar-refractivity contribution in [3.8, 4) is 0 Å². The van der Waals surface area contributed by atoms with Crippen LogP contribution in [0.4, 0.5) is 0 Å². The summed E-state index contributed by atoms with van der Waals surface area (Å²) in [4.78, 5) is 9.60. The van der Waals surface area contributed by atoms with E-state index in [-0.39, 0.29) is 0 Å². The maximum absolute atomic E-state index is 9.60. The summed E-state index contributed by atoms with van der Waals surface area (Å²) in [5.41, 5.74) is 0. The third kappa shape index (κ3) is 3.49. The second-order valence-electron chi connectivity index (χ2n) is 1.33. The van der Waals surface area contributed by atoms with E-state index in [2.05, 4.69) is 11.8 Å². The number of nitrogens with zero attached hydrogens (tertiary/aromatic N) is 1. The van der Waals surface area contributed by atoms with Gasteiger partial charge in [-0.05, 0) is 12.1 Å². The Labute approximate surface area is 48.3 Å². The lowest BCUT2D eigenvalue weighted by Crippen LogP contribution is -2.02. The fourth-order valence-electron chi connectivity index (χ4n) is 0.238. The summed E-state index contributed by atoms with van der Waals surface area (Å²) in [6, 6.07) is 0. The molecule has 0 amide bonds. The molecule has 1 unspecified atom stereocenters. The minimum absolute atomic E-state index is 0.382. The quantitative estimate of drug-likeness (QED) is 0.409. The van der Waals surface area contributed by atoms with Gasteiger partial charge >= 0.3 is 0 Å². The van der Waals surface area contributed by atoms with Crippen molar-refractivity contribution in [3.63, 3.8) is 0 Å². The lowest BCUT2D eigenvalue weighted by molar-refractivity contribution is 0.0942. The smallest absolute Gasteiger partial charge is 0.187 e. The molecule has 46 valence electrons. The minimum atomic E-state index is -0.548. The Morgan fingerprint density at radius 1 is 2.00 bits per heavy atom. The standard InChI is InChI=1S/C5H9NO2/c1-3-4-8-5(2)6-7/h3,5H,1,4H2,2H3. The lowest BCUT2D eigenvalue weighted by Gasteiger charge is -1.98. The molecule has 0 radical (unpaired) electrons. The van der Waals surface area contributed by atoms with Crippen LogP contribution in [0.15, 0.2) is 17.8 Å². The number of ether oxygens (including phenoxy) is 1. The van der Waals surface area contributed by atoms with Gasteiger partial charge in [-0.25, -0.2) is 0 Å². The van der Waals surface area contributed by atoms with Crippen LogP contribution in [-0.4, -0.2) is 12.8 Å². The molecule has 0 fully saturated rings. The van der Waals surface area contributed by atoms with E-state index in [0.29, 0.717) is 6.61 Å². The first-order valence-electron chi connectivity index (χ1n) is 2.36. The first kappa shape index (κ1) is 7.30. The summed E-state index contributed by atoms with van der Waals surface area (Å²) in [5.74, 6) is 0. The van der Waals surface area contributed by atoms with Crippen molar-refractivity contribution in [1.82, 2.24) is 0 Å². The summed E-state index contributed by atoms with van der Waals surface area (Å²) in [6.45, 7) is 5.36. The normalized spacial score (nSPS) is 12.6. The SMILES string of the molecule is C=CCOC(C)N=O. The van der Waals surface area contributed by atoms with Crippen molar-refractivity contribution >= 4 is 0 Å². The van der Waals surface area contributed by atoms with Gasteiger partial charge in [-0.2, -0.15) is 0 Å². The first-order chi connectivity index (χ1) is 3.81. The Kier molecular flexibility index (Phi) is 4.07. The van der Waals surface area contributed by atoms with E-state index in [4.69, 9.17) is 4.74 Å². The Balaban J connectivity index is 3.09. The van der Waals surface area contributed by atoms with E-state index in [1.807, 2.05) is 0 Å². The largest absolute Gasteiger partial charge is 0.349 e. The first-order valence-corrected chi connectivity index (χ1v) is 2.36.